The Morgan fingerprint density at radius 1 is 1.50 bits per heavy atom. The zero-order valence-electron chi connectivity index (χ0n) is 9.35. The van der Waals surface area contributed by atoms with Gasteiger partial charge in [0.15, 0.2) is 0 Å². The lowest BCUT2D eigenvalue weighted by atomic mass is 10.1. The molecule has 0 saturated heterocycles. The van der Waals surface area contributed by atoms with E-state index in [0.29, 0.717) is 6.04 Å². The summed E-state index contributed by atoms with van der Waals surface area (Å²) in [5, 5.41) is 7.80. The zero-order chi connectivity index (χ0) is 11.2. The van der Waals surface area contributed by atoms with Gasteiger partial charge in [0.05, 0.1) is 11.2 Å². The van der Waals surface area contributed by atoms with Gasteiger partial charge < -0.3 is 5.32 Å². The van der Waals surface area contributed by atoms with Crippen LogP contribution in [0.4, 0.5) is 0 Å². The second-order valence-corrected chi connectivity index (χ2v) is 5.50. The molecule has 0 spiro atoms. The van der Waals surface area contributed by atoms with E-state index in [1.165, 1.54) is 4.88 Å². The Bertz CT molecular complexity index is 381. The summed E-state index contributed by atoms with van der Waals surface area (Å²) >= 11 is 3.49. The van der Waals surface area contributed by atoms with Gasteiger partial charge in [-0.15, -0.1) is 22.7 Å². The van der Waals surface area contributed by atoms with Crippen molar-refractivity contribution in [3.05, 3.63) is 39.0 Å². The highest BCUT2D eigenvalue weighted by Crippen LogP contribution is 2.13. The van der Waals surface area contributed by atoms with Crippen molar-refractivity contribution >= 4 is 22.7 Å². The van der Waals surface area contributed by atoms with Crippen molar-refractivity contribution in [2.75, 3.05) is 0 Å². The number of hydrogen-bond donors (Lipinski definition) is 1. The van der Waals surface area contributed by atoms with Gasteiger partial charge in [0.25, 0.3) is 0 Å². The first-order valence-corrected chi connectivity index (χ1v) is 7.33. The second kappa shape index (κ2) is 6.13. The van der Waals surface area contributed by atoms with E-state index >= 15 is 0 Å². The van der Waals surface area contributed by atoms with Crippen molar-refractivity contribution < 1.29 is 0 Å². The number of nitrogens with zero attached hydrogens (tertiary/aromatic N) is 1. The van der Waals surface area contributed by atoms with Gasteiger partial charge >= 0.3 is 0 Å². The minimum absolute atomic E-state index is 0.556. The van der Waals surface area contributed by atoms with Crippen LogP contribution in [0.15, 0.2) is 28.4 Å². The average Bonchev–Trinajstić information content (AvgIpc) is 2.97. The molecule has 86 valence electrons. The largest absolute Gasteiger partial charge is 0.308 e. The Labute approximate surface area is 104 Å². The fourth-order valence-corrected chi connectivity index (χ4v) is 2.95. The molecule has 0 aromatic carbocycles. The van der Waals surface area contributed by atoms with E-state index in [9.17, 15) is 0 Å². The topological polar surface area (TPSA) is 24.9 Å². The summed E-state index contributed by atoms with van der Waals surface area (Å²) in [6.45, 7) is 3.11. The van der Waals surface area contributed by atoms with Crippen LogP contribution >= 0.6 is 22.7 Å². The molecule has 2 aromatic heterocycles. The minimum Gasteiger partial charge on any atom is -0.308 e. The van der Waals surface area contributed by atoms with Gasteiger partial charge in [0.1, 0.15) is 0 Å². The molecule has 2 rings (SSSR count). The third-order valence-corrected chi connectivity index (χ3v) is 4.11. The van der Waals surface area contributed by atoms with Crippen LogP contribution in [-0.2, 0) is 13.0 Å². The van der Waals surface area contributed by atoms with Crippen LogP contribution in [0.5, 0.6) is 0 Å². The first-order valence-electron chi connectivity index (χ1n) is 5.51. The van der Waals surface area contributed by atoms with Crippen molar-refractivity contribution in [2.45, 2.75) is 32.4 Å². The highest BCUT2D eigenvalue weighted by Gasteiger charge is 2.07. The molecule has 4 heteroatoms. The van der Waals surface area contributed by atoms with E-state index in [2.05, 4.69) is 40.1 Å². The van der Waals surface area contributed by atoms with Gasteiger partial charge in [-0.3, -0.25) is 0 Å². The van der Waals surface area contributed by atoms with Crippen LogP contribution in [0.3, 0.4) is 0 Å². The summed E-state index contributed by atoms with van der Waals surface area (Å²) in [4.78, 5) is 5.73. The van der Waals surface area contributed by atoms with Gasteiger partial charge in [-0.2, -0.15) is 0 Å². The summed E-state index contributed by atoms with van der Waals surface area (Å²) in [5.41, 5.74) is 3.03. The van der Waals surface area contributed by atoms with Crippen LogP contribution in [-0.4, -0.2) is 11.0 Å². The van der Waals surface area contributed by atoms with E-state index in [4.69, 9.17) is 0 Å². The molecule has 0 saturated carbocycles. The van der Waals surface area contributed by atoms with Gasteiger partial charge in [-0.1, -0.05) is 13.0 Å². The fraction of sp³-hybridized carbons (Fsp3) is 0.417. The van der Waals surface area contributed by atoms with E-state index in [1.807, 2.05) is 16.8 Å². The zero-order valence-corrected chi connectivity index (χ0v) is 11.0. The third-order valence-electron chi connectivity index (χ3n) is 2.58. The van der Waals surface area contributed by atoms with Crippen molar-refractivity contribution in [2.24, 2.45) is 0 Å². The maximum atomic E-state index is 4.28. The molecule has 2 heterocycles. The van der Waals surface area contributed by atoms with E-state index in [0.717, 1.165) is 25.1 Å². The van der Waals surface area contributed by atoms with Crippen molar-refractivity contribution in [3.63, 3.8) is 0 Å². The lowest BCUT2D eigenvalue weighted by Crippen LogP contribution is -2.29. The van der Waals surface area contributed by atoms with Gasteiger partial charge in [0.2, 0.25) is 0 Å². The number of aromatic nitrogens is 1. The minimum atomic E-state index is 0.556. The third kappa shape index (κ3) is 3.40. The maximum Gasteiger partial charge on any atom is 0.0795 e. The first kappa shape index (κ1) is 11.8. The Morgan fingerprint density at radius 2 is 2.44 bits per heavy atom. The summed E-state index contributed by atoms with van der Waals surface area (Å²) in [6.07, 6.45) is 2.28. The molecule has 1 unspecified atom stereocenters. The first-order chi connectivity index (χ1) is 7.88. The predicted octanol–water partition coefficient (Wildman–Crippen LogP) is 3.32. The monoisotopic (exact) mass is 252 g/mol. The molecule has 0 fully saturated rings. The highest BCUT2D eigenvalue weighted by molar-refractivity contribution is 7.09. The molecule has 0 aliphatic carbocycles. The molecule has 2 aromatic rings. The molecule has 0 radical (unpaired) electrons. The van der Waals surface area contributed by atoms with Crippen LogP contribution in [0.25, 0.3) is 0 Å². The van der Waals surface area contributed by atoms with Gasteiger partial charge in [0, 0.05) is 22.8 Å². The Morgan fingerprint density at radius 3 is 3.06 bits per heavy atom. The van der Waals surface area contributed by atoms with Crippen molar-refractivity contribution in [3.8, 4) is 0 Å². The van der Waals surface area contributed by atoms with Crippen LogP contribution in [0, 0.1) is 0 Å². The molecule has 1 atom stereocenters. The maximum absolute atomic E-state index is 4.28. The van der Waals surface area contributed by atoms with E-state index in [1.54, 1.807) is 11.3 Å². The normalized spacial score (nSPS) is 12.8. The predicted molar refractivity (Wildman–Crippen MR) is 71.1 cm³/mol. The molecule has 1 N–H and O–H groups in total. The molecule has 0 bridgehead atoms. The molecule has 0 aliphatic heterocycles. The van der Waals surface area contributed by atoms with Gasteiger partial charge in [-0.25, -0.2) is 4.98 Å². The lowest BCUT2D eigenvalue weighted by Gasteiger charge is -2.15. The van der Waals surface area contributed by atoms with Crippen molar-refractivity contribution in [1.82, 2.24) is 10.3 Å². The summed E-state index contributed by atoms with van der Waals surface area (Å²) in [7, 11) is 0. The van der Waals surface area contributed by atoms with Gasteiger partial charge in [-0.05, 0) is 24.3 Å². The number of hydrogen-bond acceptors (Lipinski definition) is 4. The summed E-state index contributed by atoms with van der Waals surface area (Å²) < 4.78 is 0. The summed E-state index contributed by atoms with van der Waals surface area (Å²) in [6, 6.07) is 4.88. The smallest absolute Gasteiger partial charge is 0.0795 e. The summed E-state index contributed by atoms with van der Waals surface area (Å²) in [5.74, 6) is 0. The fourth-order valence-electron chi connectivity index (χ4n) is 1.61. The number of thiazole rings is 1. The molecular formula is C12H16N2S2. The number of rotatable bonds is 6. The molecule has 0 aliphatic rings. The van der Waals surface area contributed by atoms with Crippen LogP contribution in [0.2, 0.25) is 0 Å². The molecular weight excluding hydrogens is 236 g/mol. The lowest BCUT2D eigenvalue weighted by molar-refractivity contribution is 0.494. The Kier molecular flexibility index (Phi) is 4.51. The molecule has 16 heavy (non-hydrogen) atoms. The standard InChI is InChI=1S/C12H16N2S2/c1-2-10(6-12-4-3-5-16-12)13-7-11-8-15-9-14-11/h3-5,8-10,13H,2,6-7H2,1H3. The average molecular weight is 252 g/mol. The van der Waals surface area contributed by atoms with Crippen molar-refractivity contribution in [1.29, 1.82) is 0 Å². The second-order valence-electron chi connectivity index (χ2n) is 3.75. The number of thiophene rings is 1. The quantitative estimate of drug-likeness (QED) is 0.853. The molecule has 2 nitrogen and oxygen atoms in total. The van der Waals surface area contributed by atoms with Crippen LogP contribution < -0.4 is 5.32 Å². The Hall–Kier alpha value is -0.710. The SMILES string of the molecule is CCC(Cc1cccs1)NCc1cscn1. The molecule has 0 amide bonds. The van der Waals surface area contributed by atoms with E-state index in [-0.39, 0.29) is 0 Å². The highest BCUT2D eigenvalue weighted by atomic mass is 32.1. The van der Waals surface area contributed by atoms with E-state index < -0.39 is 0 Å². The van der Waals surface area contributed by atoms with Crippen LogP contribution in [0.1, 0.15) is 23.9 Å². The Balaban J connectivity index is 1.81. The number of nitrogens with one attached hydrogen (secondary N) is 1.